The van der Waals surface area contributed by atoms with Gasteiger partial charge in [0.1, 0.15) is 11.4 Å². The van der Waals surface area contributed by atoms with E-state index in [-0.39, 0.29) is 22.6 Å². The molecule has 1 aromatic heterocycles. The van der Waals surface area contributed by atoms with E-state index in [9.17, 15) is 13.2 Å². The molecule has 2 aromatic carbocycles. The van der Waals surface area contributed by atoms with Crippen LogP contribution in [0.1, 0.15) is 23.3 Å². The van der Waals surface area contributed by atoms with E-state index in [0.29, 0.717) is 30.1 Å². The summed E-state index contributed by atoms with van der Waals surface area (Å²) in [7, 11) is -1.89. The van der Waals surface area contributed by atoms with Crippen molar-refractivity contribution in [1.29, 1.82) is 0 Å². The first kappa shape index (κ1) is 20.2. The Morgan fingerprint density at radius 2 is 1.90 bits per heavy atom. The number of nitrogens with zero attached hydrogens (tertiary/aromatic N) is 2. The van der Waals surface area contributed by atoms with Crippen LogP contribution in [0.3, 0.4) is 0 Å². The van der Waals surface area contributed by atoms with Gasteiger partial charge in [0, 0.05) is 18.2 Å². The van der Waals surface area contributed by atoms with Crippen LogP contribution in [-0.4, -0.2) is 54.9 Å². The number of aromatic nitrogens is 2. The van der Waals surface area contributed by atoms with Crippen molar-refractivity contribution in [2.24, 2.45) is 0 Å². The van der Waals surface area contributed by atoms with Crippen molar-refractivity contribution in [1.82, 2.24) is 15.1 Å². The number of likely N-dealkylation sites (tertiary alicyclic amines) is 1. The minimum atomic E-state index is -3.48. The molecule has 1 N–H and O–H groups in total. The molecule has 1 aliphatic rings. The van der Waals surface area contributed by atoms with E-state index in [4.69, 9.17) is 4.74 Å². The summed E-state index contributed by atoms with van der Waals surface area (Å²) in [4.78, 5) is 15.0. The van der Waals surface area contributed by atoms with E-state index in [2.05, 4.69) is 10.2 Å². The van der Waals surface area contributed by atoms with E-state index in [1.807, 2.05) is 24.3 Å². The molecule has 0 bridgehead atoms. The zero-order chi connectivity index (χ0) is 21.1. The van der Waals surface area contributed by atoms with Gasteiger partial charge in [0.25, 0.3) is 5.91 Å². The summed E-state index contributed by atoms with van der Waals surface area (Å²) >= 11 is 0. The third kappa shape index (κ3) is 3.95. The molecule has 1 unspecified atom stereocenters. The second-order valence-corrected chi connectivity index (χ2v) is 9.29. The van der Waals surface area contributed by atoms with E-state index in [0.717, 1.165) is 12.0 Å². The Morgan fingerprint density at radius 1 is 1.17 bits per heavy atom. The lowest BCUT2D eigenvalue weighted by atomic mass is 10.1. The molecular weight excluding hydrogens is 402 g/mol. The van der Waals surface area contributed by atoms with Gasteiger partial charge in [-0.15, -0.1) is 0 Å². The Bertz CT molecular complexity index is 1140. The smallest absolute Gasteiger partial charge is 0.272 e. The highest BCUT2D eigenvalue weighted by molar-refractivity contribution is 7.91. The summed E-state index contributed by atoms with van der Waals surface area (Å²) in [5.41, 5.74) is 1.71. The normalized spacial score (nSPS) is 16.6. The van der Waals surface area contributed by atoms with E-state index >= 15 is 0 Å². The lowest BCUT2D eigenvalue weighted by Crippen LogP contribution is -2.39. The van der Waals surface area contributed by atoms with Crippen LogP contribution in [0.15, 0.2) is 65.6 Å². The second-order valence-electron chi connectivity index (χ2n) is 7.26. The van der Waals surface area contributed by atoms with Crippen LogP contribution in [-0.2, 0) is 9.84 Å². The predicted molar refractivity (Wildman–Crippen MR) is 113 cm³/mol. The summed E-state index contributed by atoms with van der Waals surface area (Å²) in [6, 6.07) is 17.1. The van der Waals surface area contributed by atoms with Gasteiger partial charge in [-0.25, -0.2) is 8.42 Å². The van der Waals surface area contributed by atoms with Crippen molar-refractivity contribution in [3.8, 4) is 17.0 Å². The SMILES string of the molecule is COc1ccccc1-c1cc(C(=O)N2CCCC2CS(=O)(=O)c2ccccc2)[nH]n1. The minimum absolute atomic E-state index is 0.0870. The van der Waals surface area contributed by atoms with Gasteiger partial charge in [-0.2, -0.15) is 5.10 Å². The monoisotopic (exact) mass is 425 g/mol. The minimum Gasteiger partial charge on any atom is -0.496 e. The lowest BCUT2D eigenvalue weighted by Gasteiger charge is -2.24. The van der Waals surface area contributed by atoms with Crippen LogP contribution in [0.2, 0.25) is 0 Å². The van der Waals surface area contributed by atoms with Crippen molar-refractivity contribution in [2.45, 2.75) is 23.8 Å². The lowest BCUT2D eigenvalue weighted by molar-refractivity contribution is 0.0743. The molecule has 0 radical (unpaired) electrons. The van der Waals surface area contributed by atoms with Crippen LogP contribution >= 0.6 is 0 Å². The molecule has 8 heteroatoms. The summed E-state index contributed by atoms with van der Waals surface area (Å²) < 4.78 is 30.9. The highest BCUT2D eigenvalue weighted by atomic mass is 32.2. The van der Waals surface area contributed by atoms with Gasteiger partial charge in [0.15, 0.2) is 9.84 Å². The highest BCUT2D eigenvalue weighted by Gasteiger charge is 2.34. The number of hydrogen-bond donors (Lipinski definition) is 1. The Hall–Kier alpha value is -3.13. The van der Waals surface area contributed by atoms with E-state index in [1.54, 1.807) is 48.4 Å². The number of sulfone groups is 1. The number of rotatable bonds is 6. The van der Waals surface area contributed by atoms with Crippen molar-refractivity contribution in [3.63, 3.8) is 0 Å². The maximum atomic E-state index is 13.1. The average Bonchev–Trinajstić information content (AvgIpc) is 3.43. The van der Waals surface area contributed by atoms with Gasteiger partial charge in [-0.3, -0.25) is 9.89 Å². The third-order valence-electron chi connectivity index (χ3n) is 5.34. The molecule has 1 fully saturated rings. The molecule has 1 amide bonds. The molecule has 3 aromatic rings. The fraction of sp³-hybridized carbons (Fsp3) is 0.273. The molecule has 1 atom stereocenters. The molecule has 1 aliphatic heterocycles. The quantitative estimate of drug-likeness (QED) is 0.655. The van der Waals surface area contributed by atoms with Crippen LogP contribution in [0.25, 0.3) is 11.3 Å². The van der Waals surface area contributed by atoms with Gasteiger partial charge in [0.2, 0.25) is 0 Å². The molecule has 0 saturated carbocycles. The molecule has 4 rings (SSSR count). The van der Waals surface area contributed by atoms with Gasteiger partial charge in [0.05, 0.1) is 23.5 Å². The zero-order valence-electron chi connectivity index (χ0n) is 16.6. The topological polar surface area (TPSA) is 92.4 Å². The number of nitrogens with one attached hydrogen (secondary N) is 1. The summed E-state index contributed by atoms with van der Waals surface area (Å²) in [5, 5.41) is 7.07. The highest BCUT2D eigenvalue weighted by Crippen LogP contribution is 2.29. The van der Waals surface area contributed by atoms with Gasteiger partial charge in [-0.05, 0) is 43.2 Å². The summed E-state index contributed by atoms with van der Waals surface area (Å²) in [6.07, 6.45) is 1.43. The van der Waals surface area contributed by atoms with Crippen LogP contribution in [0.5, 0.6) is 5.75 Å². The van der Waals surface area contributed by atoms with E-state index < -0.39 is 9.84 Å². The number of carbonyl (C=O) groups is 1. The first-order valence-electron chi connectivity index (χ1n) is 9.77. The van der Waals surface area contributed by atoms with Crippen LogP contribution < -0.4 is 4.74 Å². The van der Waals surface area contributed by atoms with E-state index in [1.165, 1.54) is 0 Å². The number of benzene rings is 2. The Labute approximate surface area is 175 Å². The van der Waals surface area contributed by atoms with Crippen molar-refractivity contribution in [3.05, 3.63) is 66.4 Å². The Kier molecular flexibility index (Phi) is 5.59. The second kappa shape index (κ2) is 8.31. The number of aromatic amines is 1. The largest absolute Gasteiger partial charge is 0.496 e. The Morgan fingerprint density at radius 3 is 2.67 bits per heavy atom. The van der Waals surface area contributed by atoms with Gasteiger partial charge < -0.3 is 9.64 Å². The molecule has 0 aliphatic carbocycles. The van der Waals surface area contributed by atoms with Gasteiger partial charge in [-0.1, -0.05) is 30.3 Å². The van der Waals surface area contributed by atoms with Crippen LogP contribution in [0, 0.1) is 0 Å². The summed E-state index contributed by atoms with van der Waals surface area (Å²) in [6.45, 7) is 0.525. The number of methoxy groups -OCH3 is 1. The van der Waals surface area contributed by atoms with Crippen molar-refractivity contribution in [2.75, 3.05) is 19.4 Å². The molecular formula is C22H23N3O4S. The maximum Gasteiger partial charge on any atom is 0.272 e. The predicted octanol–water partition coefficient (Wildman–Crippen LogP) is 3.16. The molecule has 7 nitrogen and oxygen atoms in total. The third-order valence-corrected chi connectivity index (χ3v) is 7.16. The fourth-order valence-corrected chi connectivity index (χ4v) is 5.45. The number of carbonyl (C=O) groups excluding carboxylic acids is 1. The maximum absolute atomic E-state index is 13.1. The molecule has 30 heavy (non-hydrogen) atoms. The molecule has 0 spiro atoms. The number of amides is 1. The molecule has 2 heterocycles. The van der Waals surface area contributed by atoms with Crippen LogP contribution in [0.4, 0.5) is 0 Å². The molecule has 156 valence electrons. The Balaban J connectivity index is 1.54. The number of ether oxygens (including phenoxy) is 1. The average molecular weight is 426 g/mol. The first-order chi connectivity index (χ1) is 14.5. The first-order valence-corrected chi connectivity index (χ1v) is 11.4. The van der Waals surface area contributed by atoms with Gasteiger partial charge >= 0.3 is 0 Å². The van der Waals surface area contributed by atoms with Crippen molar-refractivity contribution < 1.29 is 17.9 Å². The standard InChI is InChI=1S/C22H23N3O4S/c1-29-21-12-6-5-11-18(21)19-14-20(24-23-19)22(26)25-13-7-8-16(25)15-30(27,28)17-9-3-2-4-10-17/h2-6,9-12,14,16H,7-8,13,15H2,1H3,(H,23,24). The number of hydrogen-bond acceptors (Lipinski definition) is 5. The zero-order valence-corrected chi connectivity index (χ0v) is 17.4. The van der Waals surface area contributed by atoms with Crippen molar-refractivity contribution >= 4 is 15.7 Å². The molecule has 1 saturated heterocycles. The number of H-pyrrole nitrogens is 1. The fourth-order valence-electron chi connectivity index (χ4n) is 3.83. The summed E-state index contributed by atoms with van der Waals surface area (Å²) in [5.74, 6) is 0.335. The number of para-hydroxylation sites is 1.